The van der Waals surface area contributed by atoms with Crippen LogP contribution in [0.4, 0.5) is 0 Å². The summed E-state index contributed by atoms with van der Waals surface area (Å²) in [6, 6.07) is 8.13. The molecule has 4 rings (SSSR count). The summed E-state index contributed by atoms with van der Waals surface area (Å²) in [6.45, 7) is 0.729. The quantitative estimate of drug-likeness (QED) is 0.756. The van der Waals surface area contributed by atoms with Gasteiger partial charge in [0.1, 0.15) is 5.82 Å². The summed E-state index contributed by atoms with van der Waals surface area (Å²) in [4.78, 5) is 5.05. The molecule has 0 bridgehead atoms. The molecule has 0 spiro atoms. The van der Waals surface area contributed by atoms with Crippen LogP contribution < -0.4 is 5.73 Å². The van der Waals surface area contributed by atoms with Crippen molar-refractivity contribution < 1.29 is 4.74 Å². The van der Waals surface area contributed by atoms with Gasteiger partial charge in [-0.2, -0.15) is 5.10 Å². The Morgan fingerprint density at radius 2 is 1.82 bits per heavy atom. The predicted molar refractivity (Wildman–Crippen MR) is 114 cm³/mol. The third-order valence-corrected chi connectivity index (χ3v) is 6.45. The van der Waals surface area contributed by atoms with E-state index in [1.165, 1.54) is 31.2 Å². The maximum Gasteiger partial charge on any atom is 0.154 e. The molecule has 2 aromatic rings. The Balaban J connectivity index is 0.00000225. The van der Waals surface area contributed by atoms with E-state index in [2.05, 4.69) is 16.8 Å². The van der Waals surface area contributed by atoms with Crippen molar-refractivity contribution in [3.05, 3.63) is 46.5 Å². The average Bonchev–Trinajstić information content (AvgIpc) is 3.34. The largest absolute Gasteiger partial charge is 0.380 e. The van der Waals surface area contributed by atoms with E-state index in [4.69, 9.17) is 32.2 Å². The maximum atomic E-state index is 6.23. The molecule has 0 aliphatic heterocycles. The molecule has 0 amide bonds. The first-order valence-electron chi connectivity index (χ1n) is 10.1. The zero-order valence-corrected chi connectivity index (χ0v) is 18.0. The molecule has 7 heteroatoms. The second-order valence-electron chi connectivity index (χ2n) is 8.04. The van der Waals surface area contributed by atoms with Gasteiger partial charge in [0.05, 0.1) is 12.6 Å². The summed E-state index contributed by atoms with van der Waals surface area (Å²) in [5.74, 6) is 2.99. The first-order valence-corrected chi connectivity index (χ1v) is 10.5. The fourth-order valence-corrected chi connectivity index (χ4v) is 4.69. The van der Waals surface area contributed by atoms with Crippen LogP contribution in [0.2, 0.25) is 5.02 Å². The van der Waals surface area contributed by atoms with E-state index in [0.717, 1.165) is 42.5 Å². The van der Waals surface area contributed by atoms with Crippen LogP contribution in [0.25, 0.3) is 0 Å². The number of nitrogens with zero attached hydrogens (tertiary/aromatic N) is 3. The normalized spacial score (nSPS) is 25.6. The molecule has 1 aromatic carbocycles. The van der Waals surface area contributed by atoms with E-state index in [-0.39, 0.29) is 24.6 Å². The van der Waals surface area contributed by atoms with Crippen molar-refractivity contribution in [2.45, 2.75) is 75.5 Å². The van der Waals surface area contributed by atoms with Crippen LogP contribution >= 0.6 is 24.0 Å². The molecule has 0 unspecified atom stereocenters. The number of nitrogens with two attached hydrogens (primary N) is 1. The van der Waals surface area contributed by atoms with Gasteiger partial charge in [0.25, 0.3) is 0 Å². The molecule has 0 saturated heterocycles. The van der Waals surface area contributed by atoms with E-state index in [9.17, 15) is 0 Å². The van der Waals surface area contributed by atoms with E-state index in [1.807, 2.05) is 12.1 Å². The molecule has 1 heterocycles. The summed E-state index contributed by atoms with van der Waals surface area (Å²) in [5.41, 5.74) is 7.42. The smallest absolute Gasteiger partial charge is 0.154 e. The van der Waals surface area contributed by atoms with Crippen LogP contribution in [-0.2, 0) is 11.3 Å². The summed E-state index contributed by atoms with van der Waals surface area (Å²) < 4.78 is 7.75. The van der Waals surface area contributed by atoms with Crippen molar-refractivity contribution in [2.24, 2.45) is 5.73 Å². The molecule has 154 valence electrons. The topological polar surface area (TPSA) is 66.0 Å². The van der Waals surface area contributed by atoms with Gasteiger partial charge in [0, 0.05) is 30.0 Å². The zero-order chi connectivity index (χ0) is 18.8. The molecular weight excluding hydrogens is 395 g/mol. The second-order valence-corrected chi connectivity index (χ2v) is 8.48. The van der Waals surface area contributed by atoms with E-state index in [0.29, 0.717) is 11.8 Å². The van der Waals surface area contributed by atoms with Gasteiger partial charge in [0.2, 0.25) is 0 Å². The van der Waals surface area contributed by atoms with Crippen LogP contribution in [0.5, 0.6) is 0 Å². The Hall–Kier alpha value is -1.14. The molecule has 2 saturated carbocycles. The highest BCUT2D eigenvalue weighted by molar-refractivity contribution is 6.30. The minimum absolute atomic E-state index is 0. The molecule has 5 nitrogen and oxygen atoms in total. The number of hydrogen-bond acceptors (Lipinski definition) is 4. The van der Waals surface area contributed by atoms with Gasteiger partial charge < -0.3 is 10.5 Å². The van der Waals surface area contributed by atoms with Gasteiger partial charge in [-0.3, -0.25) is 0 Å². The Morgan fingerprint density at radius 1 is 1.11 bits per heavy atom. The van der Waals surface area contributed by atoms with Gasteiger partial charge in [-0.25, -0.2) is 9.67 Å². The van der Waals surface area contributed by atoms with Gasteiger partial charge in [-0.1, -0.05) is 36.6 Å². The fraction of sp³-hybridized carbons (Fsp3) is 0.619. The summed E-state index contributed by atoms with van der Waals surface area (Å²) in [7, 11) is 1.76. The number of methoxy groups -OCH3 is 1. The standard InChI is InChI=1S/C21H29ClN4O.ClH/c1-27-19-12-16(8-11-18(19)23)21-24-20(15-4-2-3-5-15)25-26(21)13-14-6-9-17(22)10-7-14;/h6-7,9-10,15-16,18-19H,2-5,8,11-13,23H2,1H3;1H/t16-,18+,19+;/m0./s1. The van der Waals surface area contributed by atoms with E-state index < -0.39 is 0 Å². The van der Waals surface area contributed by atoms with Crippen LogP contribution in [0.3, 0.4) is 0 Å². The maximum absolute atomic E-state index is 6.23. The Bertz CT molecular complexity index is 758. The summed E-state index contributed by atoms with van der Waals surface area (Å²) in [5, 5.41) is 5.71. The lowest BCUT2D eigenvalue weighted by Crippen LogP contribution is -2.41. The van der Waals surface area contributed by atoms with E-state index >= 15 is 0 Å². The number of ether oxygens (including phenoxy) is 1. The molecule has 1 aromatic heterocycles. The Kier molecular flexibility index (Phi) is 7.37. The van der Waals surface area contributed by atoms with Crippen molar-refractivity contribution in [1.29, 1.82) is 0 Å². The first kappa shape index (κ1) is 21.6. The molecule has 0 radical (unpaired) electrons. The Morgan fingerprint density at radius 3 is 2.50 bits per heavy atom. The Labute approximate surface area is 178 Å². The highest BCUT2D eigenvalue weighted by Gasteiger charge is 2.33. The second kappa shape index (κ2) is 9.57. The minimum Gasteiger partial charge on any atom is -0.380 e. The average molecular weight is 425 g/mol. The number of halogens is 2. The fourth-order valence-electron chi connectivity index (χ4n) is 4.57. The number of rotatable bonds is 5. The third-order valence-electron chi connectivity index (χ3n) is 6.19. The lowest BCUT2D eigenvalue weighted by atomic mass is 9.83. The molecule has 3 atom stereocenters. The van der Waals surface area contributed by atoms with Gasteiger partial charge in [-0.05, 0) is 49.8 Å². The number of hydrogen-bond donors (Lipinski definition) is 1. The molecule has 2 aliphatic rings. The van der Waals surface area contributed by atoms with Crippen molar-refractivity contribution in [1.82, 2.24) is 14.8 Å². The molecule has 28 heavy (non-hydrogen) atoms. The molecule has 2 fully saturated rings. The highest BCUT2D eigenvalue weighted by Crippen LogP contribution is 2.36. The first-order chi connectivity index (χ1) is 13.1. The summed E-state index contributed by atoms with van der Waals surface area (Å²) in [6.07, 6.45) is 8.02. The lowest BCUT2D eigenvalue weighted by molar-refractivity contribution is 0.0456. The van der Waals surface area contributed by atoms with Crippen LogP contribution in [0.1, 0.15) is 74.0 Å². The van der Waals surface area contributed by atoms with Gasteiger partial charge in [-0.15, -0.1) is 12.4 Å². The molecular formula is C21H30Cl2N4O. The monoisotopic (exact) mass is 424 g/mol. The minimum atomic E-state index is 0. The lowest BCUT2D eigenvalue weighted by Gasteiger charge is -2.32. The van der Waals surface area contributed by atoms with E-state index in [1.54, 1.807) is 7.11 Å². The predicted octanol–water partition coefficient (Wildman–Crippen LogP) is 4.67. The summed E-state index contributed by atoms with van der Waals surface area (Å²) >= 11 is 6.04. The van der Waals surface area contributed by atoms with Gasteiger partial charge >= 0.3 is 0 Å². The van der Waals surface area contributed by atoms with Crippen molar-refractivity contribution in [3.8, 4) is 0 Å². The third kappa shape index (κ3) is 4.70. The number of benzene rings is 1. The highest BCUT2D eigenvalue weighted by atomic mass is 35.5. The van der Waals surface area contributed by atoms with Crippen molar-refractivity contribution in [2.75, 3.05) is 7.11 Å². The van der Waals surface area contributed by atoms with Crippen molar-refractivity contribution in [3.63, 3.8) is 0 Å². The van der Waals surface area contributed by atoms with Gasteiger partial charge in [0.15, 0.2) is 5.82 Å². The van der Waals surface area contributed by atoms with Crippen LogP contribution in [0, 0.1) is 0 Å². The SMILES string of the molecule is CO[C@@H]1C[C@@H](c2nc(C3CCCC3)nn2Cc2ccc(Cl)cc2)CC[C@H]1N.Cl. The van der Waals surface area contributed by atoms with Crippen molar-refractivity contribution >= 4 is 24.0 Å². The molecule has 2 aliphatic carbocycles. The molecule has 2 N–H and O–H groups in total. The number of aromatic nitrogens is 3. The van der Waals surface area contributed by atoms with Crippen LogP contribution in [-0.4, -0.2) is 34.0 Å². The zero-order valence-electron chi connectivity index (χ0n) is 16.4. The van der Waals surface area contributed by atoms with Crippen LogP contribution in [0.15, 0.2) is 24.3 Å².